The highest BCUT2D eigenvalue weighted by atomic mass is 16.3. The number of anilines is 2. The van der Waals surface area contributed by atoms with E-state index >= 15 is 0 Å². The molecule has 0 bridgehead atoms. The van der Waals surface area contributed by atoms with E-state index in [1.807, 2.05) is 13.8 Å². The number of aliphatic hydroxyl groups excluding tert-OH is 1. The van der Waals surface area contributed by atoms with E-state index in [4.69, 9.17) is 5.11 Å². The molecule has 1 aromatic heterocycles. The summed E-state index contributed by atoms with van der Waals surface area (Å²) >= 11 is 0. The van der Waals surface area contributed by atoms with Crippen LogP contribution in [0.1, 0.15) is 19.4 Å². The molecule has 5 heteroatoms. The van der Waals surface area contributed by atoms with Crippen molar-refractivity contribution in [2.24, 2.45) is 0 Å². The van der Waals surface area contributed by atoms with Gasteiger partial charge in [-0.15, -0.1) is 0 Å². The Balaban J connectivity index is 2.75. The van der Waals surface area contributed by atoms with Gasteiger partial charge in [-0.2, -0.15) is 0 Å². The van der Waals surface area contributed by atoms with Gasteiger partial charge < -0.3 is 15.7 Å². The van der Waals surface area contributed by atoms with Crippen molar-refractivity contribution in [2.45, 2.75) is 26.9 Å². The molecule has 84 valence electrons. The first-order valence-electron chi connectivity index (χ1n) is 5.12. The van der Waals surface area contributed by atoms with Gasteiger partial charge in [0.2, 0.25) is 0 Å². The minimum absolute atomic E-state index is 0.387. The average Bonchev–Trinajstić information content (AvgIpc) is 2.19. The summed E-state index contributed by atoms with van der Waals surface area (Å²) in [7, 11) is 0. The Hall–Kier alpha value is -1.36. The molecule has 0 aliphatic rings. The molecule has 1 rings (SSSR count). The minimum atomic E-state index is -0.387. The van der Waals surface area contributed by atoms with E-state index in [0.29, 0.717) is 6.54 Å². The van der Waals surface area contributed by atoms with E-state index < -0.39 is 0 Å². The quantitative estimate of drug-likeness (QED) is 0.676. The second-order valence-corrected chi connectivity index (χ2v) is 3.46. The summed E-state index contributed by atoms with van der Waals surface area (Å²) in [5.41, 5.74) is 0.972. The molecular weight excluding hydrogens is 192 g/mol. The van der Waals surface area contributed by atoms with Crippen LogP contribution in [0, 0.1) is 6.92 Å². The smallest absolute Gasteiger partial charge is 0.134 e. The van der Waals surface area contributed by atoms with Gasteiger partial charge in [-0.1, -0.05) is 0 Å². The fraction of sp³-hybridized carbons (Fsp3) is 0.600. The number of nitrogens with zero attached hydrogens (tertiary/aromatic N) is 2. The Bertz CT molecular complexity index is 314. The van der Waals surface area contributed by atoms with Crippen LogP contribution in [0.5, 0.6) is 0 Å². The average molecular weight is 210 g/mol. The molecule has 1 unspecified atom stereocenters. The second kappa shape index (κ2) is 5.50. The van der Waals surface area contributed by atoms with Crippen molar-refractivity contribution in [3.8, 4) is 0 Å². The molecule has 0 saturated heterocycles. The van der Waals surface area contributed by atoms with Gasteiger partial charge in [0.05, 0.1) is 6.10 Å². The van der Waals surface area contributed by atoms with Crippen molar-refractivity contribution in [1.82, 2.24) is 9.97 Å². The SMILES string of the molecule is CCNc1ncnc(NCC(C)O)c1C. The molecule has 0 amide bonds. The normalized spacial score (nSPS) is 12.3. The first-order valence-corrected chi connectivity index (χ1v) is 5.12. The van der Waals surface area contributed by atoms with E-state index in [1.54, 1.807) is 6.92 Å². The zero-order valence-electron chi connectivity index (χ0n) is 9.41. The summed E-state index contributed by atoms with van der Waals surface area (Å²) in [5.74, 6) is 1.60. The highest BCUT2D eigenvalue weighted by Gasteiger charge is 2.06. The molecule has 0 spiro atoms. The number of nitrogens with one attached hydrogen (secondary N) is 2. The third-order valence-electron chi connectivity index (χ3n) is 1.99. The molecular formula is C10H18N4O. The Morgan fingerprint density at radius 3 is 2.47 bits per heavy atom. The monoisotopic (exact) mass is 210 g/mol. The van der Waals surface area contributed by atoms with Gasteiger partial charge >= 0.3 is 0 Å². The minimum Gasteiger partial charge on any atom is -0.392 e. The molecule has 5 nitrogen and oxygen atoms in total. The molecule has 15 heavy (non-hydrogen) atoms. The second-order valence-electron chi connectivity index (χ2n) is 3.46. The Morgan fingerprint density at radius 1 is 1.33 bits per heavy atom. The predicted octanol–water partition coefficient (Wildman–Crippen LogP) is 1.01. The molecule has 1 heterocycles. The molecule has 0 aliphatic heterocycles. The summed E-state index contributed by atoms with van der Waals surface area (Å²) in [6.45, 7) is 7.01. The molecule has 1 aromatic rings. The van der Waals surface area contributed by atoms with Crippen molar-refractivity contribution in [3.63, 3.8) is 0 Å². The lowest BCUT2D eigenvalue weighted by Gasteiger charge is -2.12. The highest BCUT2D eigenvalue weighted by molar-refractivity contribution is 5.56. The highest BCUT2D eigenvalue weighted by Crippen LogP contribution is 2.17. The Labute approximate surface area is 90.0 Å². The van der Waals surface area contributed by atoms with Crippen LogP contribution in [0.3, 0.4) is 0 Å². The Morgan fingerprint density at radius 2 is 1.93 bits per heavy atom. The van der Waals surface area contributed by atoms with Gasteiger partial charge in [-0.05, 0) is 20.8 Å². The van der Waals surface area contributed by atoms with Gasteiger partial charge in [0, 0.05) is 18.7 Å². The maximum atomic E-state index is 9.16. The van der Waals surface area contributed by atoms with Gasteiger partial charge in [0.15, 0.2) is 0 Å². The number of rotatable bonds is 5. The zero-order chi connectivity index (χ0) is 11.3. The maximum absolute atomic E-state index is 9.16. The predicted molar refractivity (Wildman–Crippen MR) is 61.1 cm³/mol. The van der Waals surface area contributed by atoms with Crippen LogP contribution in [-0.2, 0) is 0 Å². The lowest BCUT2D eigenvalue weighted by atomic mass is 10.3. The van der Waals surface area contributed by atoms with Gasteiger partial charge in [0.1, 0.15) is 18.0 Å². The van der Waals surface area contributed by atoms with E-state index in [-0.39, 0.29) is 6.10 Å². The molecule has 0 radical (unpaired) electrons. The zero-order valence-corrected chi connectivity index (χ0v) is 9.41. The first-order chi connectivity index (χ1) is 7.15. The largest absolute Gasteiger partial charge is 0.392 e. The standard InChI is InChI=1S/C10H18N4O/c1-4-11-9-8(3)10(14-6-13-9)12-5-7(2)15/h6-7,15H,4-5H2,1-3H3,(H2,11,12,13,14). The van der Waals surface area contributed by atoms with Crippen LogP contribution >= 0.6 is 0 Å². The molecule has 0 saturated carbocycles. The summed E-state index contributed by atoms with van der Waals surface area (Å²) < 4.78 is 0. The topological polar surface area (TPSA) is 70.1 Å². The van der Waals surface area contributed by atoms with Crippen molar-refractivity contribution >= 4 is 11.6 Å². The van der Waals surface area contributed by atoms with E-state index in [1.165, 1.54) is 6.33 Å². The van der Waals surface area contributed by atoms with Crippen LogP contribution in [0.15, 0.2) is 6.33 Å². The van der Waals surface area contributed by atoms with Crippen LogP contribution in [-0.4, -0.2) is 34.3 Å². The summed E-state index contributed by atoms with van der Waals surface area (Å²) in [5, 5.41) is 15.4. The van der Waals surface area contributed by atoms with Crippen LogP contribution < -0.4 is 10.6 Å². The summed E-state index contributed by atoms with van der Waals surface area (Å²) in [6.07, 6.45) is 1.12. The van der Waals surface area contributed by atoms with Crippen molar-refractivity contribution < 1.29 is 5.11 Å². The number of hydrogen-bond acceptors (Lipinski definition) is 5. The molecule has 0 aliphatic carbocycles. The van der Waals surface area contributed by atoms with Crippen LogP contribution in [0.2, 0.25) is 0 Å². The Kier molecular flexibility index (Phi) is 4.30. The molecule has 0 fully saturated rings. The van der Waals surface area contributed by atoms with Crippen molar-refractivity contribution in [2.75, 3.05) is 23.7 Å². The lowest BCUT2D eigenvalue weighted by molar-refractivity contribution is 0.208. The van der Waals surface area contributed by atoms with Crippen molar-refractivity contribution in [1.29, 1.82) is 0 Å². The summed E-state index contributed by atoms with van der Waals surface area (Å²) in [6, 6.07) is 0. The molecule has 3 N–H and O–H groups in total. The van der Waals surface area contributed by atoms with E-state index in [0.717, 1.165) is 23.7 Å². The first kappa shape index (κ1) is 11.7. The fourth-order valence-electron chi connectivity index (χ4n) is 1.22. The number of hydrogen-bond donors (Lipinski definition) is 3. The lowest BCUT2D eigenvalue weighted by Crippen LogP contribution is -2.17. The van der Waals surface area contributed by atoms with E-state index in [9.17, 15) is 0 Å². The van der Waals surface area contributed by atoms with Gasteiger partial charge in [-0.25, -0.2) is 9.97 Å². The third kappa shape index (κ3) is 3.36. The maximum Gasteiger partial charge on any atom is 0.134 e. The summed E-state index contributed by atoms with van der Waals surface area (Å²) in [4.78, 5) is 8.25. The molecule has 1 atom stereocenters. The number of aromatic nitrogens is 2. The van der Waals surface area contributed by atoms with Crippen LogP contribution in [0.4, 0.5) is 11.6 Å². The fourth-order valence-corrected chi connectivity index (χ4v) is 1.22. The van der Waals surface area contributed by atoms with Gasteiger partial charge in [0.25, 0.3) is 0 Å². The molecule has 0 aromatic carbocycles. The third-order valence-corrected chi connectivity index (χ3v) is 1.99. The van der Waals surface area contributed by atoms with Crippen molar-refractivity contribution in [3.05, 3.63) is 11.9 Å². The van der Waals surface area contributed by atoms with E-state index in [2.05, 4.69) is 20.6 Å². The van der Waals surface area contributed by atoms with Crippen LogP contribution in [0.25, 0.3) is 0 Å². The van der Waals surface area contributed by atoms with Gasteiger partial charge in [-0.3, -0.25) is 0 Å². The number of aliphatic hydroxyl groups is 1.